The predicted molar refractivity (Wildman–Crippen MR) is 67.3 cm³/mol. The summed E-state index contributed by atoms with van der Waals surface area (Å²) >= 11 is 0.952. The van der Waals surface area contributed by atoms with Crippen LogP contribution in [0.15, 0.2) is 11.4 Å². The molecule has 1 rings (SSSR count). The van der Waals surface area contributed by atoms with Crippen molar-refractivity contribution in [3.63, 3.8) is 0 Å². The van der Waals surface area contributed by atoms with Gasteiger partial charge in [0.25, 0.3) is 5.91 Å². The minimum absolute atomic E-state index is 0.0270. The number of nitrogen functional groups attached to an aromatic ring is 1. The molecule has 0 fully saturated rings. The Morgan fingerprint density at radius 3 is 2.55 bits per heavy atom. The molecule has 0 spiro atoms. The fourth-order valence-electron chi connectivity index (χ4n) is 1.43. The topological polar surface area (TPSA) is 72.6 Å². The molecule has 0 aliphatic heterocycles. The van der Waals surface area contributed by atoms with Gasteiger partial charge >= 0.3 is 12.1 Å². The Morgan fingerprint density at radius 2 is 2.10 bits per heavy atom. The van der Waals surface area contributed by atoms with Crippen molar-refractivity contribution in [2.45, 2.75) is 12.6 Å². The number of amides is 1. The third kappa shape index (κ3) is 4.72. The SMILES string of the molecule is COC(=O)CCN(CC(F)(F)F)C(=O)c1sccc1N. The number of methoxy groups -OCH3 is 1. The van der Waals surface area contributed by atoms with E-state index in [1.54, 1.807) is 0 Å². The standard InChI is InChI=1S/C11H13F3N2O3S/c1-19-8(17)2-4-16(6-11(12,13)14)10(18)9-7(15)3-5-20-9/h3,5H,2,4,6,15H2,1H3. The van der Waals surface area contributed by atoms with Crippen LogP contribution >= 0.6 is 11.3 Å². The second-order valence-corrected chi connectivity index (χ2v) is 4.79. The van der Waals surface area contributed by atoms with Crippen molar-refractivity contribution in [2.75, 3.05) is 25.9 Å². The van der Waals surface area contributed by atoms with E-state index in [9.17, 15) is 22.8 Å². The maximum Gasteiger partial charge on any atom is 0.406 e. The summed E-state index contributed by atoms with van der Waals surface area (Å²) in [6.07, 6.45) is -4.87. The number of halogens is 3. The predicted octanol–water partition coefficient (Wildman–Crippen LogP) is 1.90. The average molecular weight is 310 g/mol. The summed E-state index contributed by atoms with van der Waals surface area (Å²) in [7, 11) is 1.12. The van der Waals surface area contributed by atoms with Crippen LogP contribution in [0.5, 0.6) is 0 Å². The Balaban J connectivity index is 2.84. The highest BCUT2D eigenvalue weighted by Crippen LogP contribution is 2.24. The number of hydrogen-bond donors (Lipinski definition) is 1. The molecule has 5 nitrogen and oxygen atoms in total. The van der Waals surface area contributed by atoms with E-state index in [-0.39, 0.29) is 23.5 Å². The van der Waals surface area contributed by atoms with Crippen LogP contribution in [0.1, 0.15) is 16.1 Å². The Kier molecular flexibility index (Phi) is 5.37. The summed E-state index contributed by atoms with van der Waals surface area (Å²) in [6.45, 7) is -1.83. The van der Waals surface area contributed by atoms with Crippen LogP contribution in [-0.2, 0) is 9.53 Å². The van der Waals surface area contributed by atoms with Crippen molar-refractivity contribution in [3.05, 3.63) is 16.3 Å². The van der Waals surface area contributed by atoms with Crippen molar-refractivity contribution in [2.24, 2.45) is 0 Å². The minimum atomic E-state index is -4.56. The number of carbonyl (C=O) groups is 2. The van der Waals surface area contributed by atoms with Crippen molar-refractivity contribution in [1.29, 1.82) is 0 Å². The Bertz CT molecular complexity index is 488. The van der Waals surface area contributed by atoms with Gasteiger partial charge < -0.3 is 15.4 Å². The quantitative estimate of drug-likeness (QED) is 0.843. The van der Waals surface area contributed by atoms with E-state index in [0.717, 1.165) is 18.4 Å². The van der Waals surface area contributed by atoms with Crippen LogP contribution in [0.2, 0.25) is 0 Å². The van der Waals surface area contributed by atoms with Crippen LogP contribution in [0.3, 0.4) is 0 Å². The number of nitrogens with zero attached hydrogens (tertiary/aromatic N) is 1. The molecule has 0 aliphatic carbocycles. The van der Waals surface area contributed by atoms with Crippen LogP contribution in [0, 0.1) is 0 Å². The fraction of sp³-hybridized carbons (Fsp3) is 0.455. The second-order valence-electron chi connectivity index (χ2n) is 3.87. The molecule has 1 aromatic heterocycles. The van der Waals surface area contributed by atoms with E-state index in [4.69, 9.17) is 5.73 Å². The molecule has 0 aliphatic rings. The Morgan fingerprint density at radius 1 is 1.45 bits per heavy atom. The molecule has 0 atom stereocenters. The van der Waals surface area contributed by atoms with E-state index in [0.29, 0.717) is 4.90 Å². The number of anilines is 1. The highest BCUT2D eigenvalue weighted by Gasteiger charge is 2.34. The number of carbonyl (C=O) groups excluding carboxylic acids is 2. The summed E-state index contributed by atoms with van der Waals surface area (Å²) in [5.74, 6) is -1.54. The molecular weight excluding hydrogens is 297 g/mol. The number of hydrogen-bond acceptors (Lipinski definition) is 5. The first-order valence-corrected chi connectivity index (χ1v) is 6.38. The molecule has 2 N–H and O–H groups in total. The molecule has 9 heteroatoms. The molecule has 0 unspecified atom stereocenters. The lowest BCUT2D eigenvalue weighted by Gasteiger charge is -2.23. The lowest BCUT2D eigenvalue weighted by atomic mass is 10.3. The number of esters is 1. The van der Waals surface area contributed by atoms with Gasteiger partial charge in [-0.1, -0.05) is 0 Å². The lowest BCUT2D eigenvalue weighted by molar-refractivity contribution is -0.146. The summed E-state index contributed by atoms with van der Waals surface area (Å²) in [6, 6.07) is 1.43. The Hall–Kier alpha value is -1.77. The summed E-state index contributed by atoms with van der Waals surface area (Å²) < 4.78 is 41.8. The first-order chi connectivity index (χ1) is 9.24. The smallest absolute Gasteiger partial charge is 0.406 e. The molecule has 0 aromatic carbocycles. The number of nitrogens with two attached hydrogens (primary N) is 1. The third-order valence-electron chi connectivity index (χ3n) is 2.36. The number of ether oxygens (including phenoxy) is 1. The summed E-state index contributed by atoms with van der Waals surface area (Å²) in [5.41, 5.74) is 5.63. The highest BCUT2D eigenvalue weighted by molar-refractivity contribution is 7.12. The monoisotopic (exact) mass is 310 g/mol. The third-order valence-corrected chi connectivity index (χ3v) is 3.28. The number of alkyl halides is 3. The first-order valence-electron chi connectivity index (χ1n) is 5.50. The molecule has 0 saturated heterocycles. The van der Waals surface area contributed by atoms with Crippen molar-refractivity contribution < 1.29 is 27.5 Å². The van der Waals surface area contributed by atoms with Gasteiger partial charge in [-0.25, -0.2) is 0 Å². The van der Waals surface area contributed by atoms with Crippen molar-refractivity contribution >= 4 is 28.9 Å². The molecule has 0 saturated carbocycles. The summed E-state index contributed by atoms with van der Waals surface area (Å²) in [5, 5.41) is 1.51. The molecule has 112 valence electrons. The highest BCUT2D eigenvalue weighted by atomic mass is 32.1. The molecular formula is C11H13F3N2O3S. The molecule has 1 amide bonds. The van der Waals surface area contributed by atoms with Gasteiger partial charge in [-0.05, 0) is 11.4 Å². The largest absolute Gasteiger partial charge is 0.469 e. The van der Waals surface area contributed by atoms with Gasteiger partial charge in [0, 0.05) is 6.54 Å². The van der Waals surface area contributed by atoms with Gasteiger partial charge in [-0.3, -0.25) is 9.59 Å². The van der Waals surface area contributed by atoms with Crippen LogP contribution in [-0.4, -0.2) is 43.2 Å². The zero-order valence-electron chi connectivity index (χ0n) is 10.6. The van der Waals surface area contributed by atoms with Gasteiger partial charge in [0.2, 0.25) is 0 Å². The Labute approximate surface area is 117 Å². The van der Waals surface area contributed by atoms with Gasteiger partial charge in [-0.15, -0.1) is 11.3 Å². The maximum atomic E-state index is 12.5. The molecule has 20 heavy (non-hydrogen) atoms. The van der Waals surface area contributed by atoms with Crippen molar-refractivity contribution in [1.82, 2.24) is 4.90 Å². The molecule has 1 heterocycles. The normalized spacial score (nSPS) is 11.2. The van der Waals surface area contributed by atoms with E-state index < -0.39 is 24.6 Å². The van der Waals surface area contributed by atoms with Gasteiger partial charge in [-0.2, -0.15) is 13.2 Å². The lowest BCUT2D eigenvalue weighted by Crippen LogP contribution is -2.40. The van der Waals surface area contributed by atoms with Crippen LogP contribution in [0.4, 0.5) is 18.9 Å². The van der Waals surface area contributed by atoms with Gasteiger partial charge in [0.05, 0.1) is 19.2 Å². The van der Waals surface area contributed by atoms with E-state index in [1.807, 2.05) is 0 Å². The van der Waals surface area contributed by atoms with E-state index in [1.165, 1.54) is 11.4 Å². The van der Waals surface area contributed by atoms with Gasteiger partial charge in [0.1, 0.15) is 11.4 Å². The van der Waals surface area contributed by atoms with Crippen LogP contribution < -0.4 is 5.73 Å². The second kappa shape index (κ2) is 6.60. The molecule has 0 radical (unpaired) electrons. The maximum absolute atomic E-state index is 12.5. The summed E-state index contributed by atoms with van der Waals surface area (Å²) in [4.78, 5) is 23.6. The van der Waals surface area contributed by atoms with Crippen molar-refractivity contribution in [3.8, 4) is 0 Å². The number of rotatable bonds is 5. The zero-order chi connectivity index (χ0) is 15.3. The zero-order valence-corrected chi connectivity index (χ0v) is 11.4. The molecule has 0 bridgehead atoms. The number of thiophene rings is 1. The minimum Gasteiger partial charge on any atom is -0.469 e. The molecule has 1 aromatic rings. The van der Waals surface area contributed by atoms with Crippen LogP contribution in [0.25, 0.3) is 0 Å². The van der Waals surface area contributed by atoms with Gasteiger partial charge in [0.15, 0.2) is 0 Å². The first kappa shape index (κ1) is 16.3. The average Bonchev–Trinajstić information content (AvgIpc) is 2.78. The van der Waals surface area contributed by atoms with E-state index >= 15 is 0 Å². The fourth-order valence-corrected chi connectivity index (χ4v) is 2.22. The van der Waals surface area contributed by atoms with E-state index in [2.05, 4.69) is 4.74 Å².